The van der Waals surface area contributed by atoms with Crippen LogP contribution in [0.2, 0.25) is 0 Å². The monoisotopic (exact) mass is 386 g/mol. The Kier molecular flexibility index (Phi) is 4.41. The van der Waals surface area contributed by atoms with Crippen molar-refractivity contribution in [2.75, 3.05) is 31.2 Å². The molecule has 3 aromatic heterocycles. The highest BCUT2D eigenvalue weighted by Gasteiger charge is 2.22. The predicted molar refractivity (Wildman–Crippen MR) is 114 cm³/mol. The minimum atomic E-state index is -0.0941. The summed E-state index contributed by atoms with van der Waals surface area (Å²) in [7, 11) is 0. The number of nitrogens with one attached hydrogen (secondary N) is 1. The van der Waals surface area contributed by atoms with Crippen LogP contribution in [-0.2, 0) is 4.74 Å². The molecular weight excluding hydrogens is 364 g/mol. The van der Waals surface area contributed by atoms with E-state index in [1.54, 1.807) is 6.33 Å². The van der Waals surface area contributed by atoms with E-state index in [1.807, 2.05) is 16.8 Å². The van der Waals surface area contributed by atoms with Gasteiger partial charge in [-0.1, -0.05) is 25.0 Å². The van der Waals surface area contributed by atoms with Crippen LogP contribution in [-0.4, -0.2) is 50.8 Å². The van der Waals surface area contributed by atoms with Crippen LogP contribution in [0.1, 0.15) is 19.4 Å². The van der Waals surface area contributed by atoms with Crippen molar-refractivity contribution >= 4 is 28.0 Å². The Balaban J connectivity index is 1.78. The summed E-state index contributed by atoms with van der Waals surface area (Å²) < 4.78 is 7.49. The number of benzene rings is 1. The fourth-order valence-corrected chi connectivity index (χ4v) is 3.91. The molecule has 5 rings (SSSR count). The van der Waals surface area contributed by atoms with Crippen LogP contribution in [0.5, 0.6) is 0 Å². The second-order valence-electron chi connectivity index (χ2n) is 7.13. The first-order chi connectivity index (χ1) is 14.3. The molecule has 1 aliphatic rings. The number of hydrogen-bond acceptors (Lipinski definition) is 5. The molecule has 0 aliphatic carbocycles. The summed E-state index contributed by atoms with van der Waals surface area (Å²) in [5.74, 6) is 3.55. The highest BCUT2D eigenvalue weighted by Crippen LogP contribution is 2.33. The highest BCUT2D eigenvalue weighted by atomic mass is 16.5. The molecule has 7 heteroatoms. The number of hydrogen-bond donors (Lipinski definition) is 1. The summed E-state index contributed by atoms with van der Waals surface area (Å²) in [4.78, 5) is 20.0. The van der Waals surface area contributed by atoms with E-state index in [-0.39, 0.29) is 6.04 Å². The number of morpholine rings is 1. The van der Waals surface area contributed by atoms with Crippen molar-refractivity contribution in [3.63, 3.8) is 0 Å². The number of nitrogens with zero attached hydrogens (tertiary/aromatic N) is 5. The Morgan fingerprint density at radius 3 is 2.90 bits per heavy atom. The maximum absolute atomic E-state index is 5.78. The van der Waals surface area contributed by atoms with Gasteiger partial charge in [0.25, 0.3) is 0 Å². The second kappa shape index (κ2) is 7.22. The molecule has 0 saturated carbocycles. The minimum Gasteiger partial charge on any atom is -0.378 e. The normalized spacial score (nSPS) is 15.7. The van der Waals surface area contributed by atoms with Crippen molar-refractivity contribution in [1.82, 2.24) is 24.5 Å². The highest BCUT2D eigenvalue weighted by molar-refractivity contribution is 6.00. The van der Waals surface area contributed by atoms with E-state index in [4.69, 9.17) is 21.1 Å². The number of aromatic nitrogens is 5. The van der Waals surface area contributed by atoms with Crippen molar-refractivity contribution in [2.24, 2.45) is 0 Å². The SMILES string of the molecule is C#CC(CC)n1cnc2c(-c3cccc4[nH]ccc34)nc(N3CCOCC3)nc21. The van der Waals surface area contributed by atoms with Crippen LogP contribution in [0.3, 0.4) is 0 Å². The van der Waals surface area contributed by atoms with Gasteiger partial charge in [0.2, 0.25) is 5.95 Å². The molecule has 1 atom stereocenters. The van der Waals surface area contributed by atoms with Gasteiger partial charge < -0.3 is 19.2 Å². The molecule has 1 aromatic carbocycles. The van der Waals surface area contributed by atoms with E-state index >= 15 is 0 Å². The van der Waals surface area contributed by atoms with Crippen molar-refractivity contribution in [3.05, 3.63) is 36.8 Å². The Bertz CT molecular complexity index is 1210. The van der Waals surface area contributed by atoms with Gasteiger partial charge >= 0.3 is 0 Å². The first-order valence-corrected chi connectivity index (χ1v) is 9.90. The summed E-state index contributed by atoms with van der Waals surface area (Å²) in [6.07, 6.45) is 10.3. The van der Waals surface area contributed by atoms with Crippen LogP contribution in [0.15, 0.2) is 36.8 Å². The lowest BCUT2D eigenvalue weighted by Crippen LogP contribution is -2.37. The average Bonchev–Trinajstić information content (AvgIpc) is 3.42. The summed E-state index contributed by atoms with van der Waals surface area (Å²) in [5.41, 5.74) is 4.46. The number of ether oxygens (including phenoxy) is 1. The van der Waals surface area contributed by atoms with Gasteiger partial charge in [-0.05, 0) is 18.6 Å². The van der Waals surface area contributed by atoms with Crippen LogP contribution in [0, 0.1) is 12.3 Å². The average molecular weight is 386 g/mol. The molecule has 0 amide bonds. The van der Waals surface area contributed by atoms with Gasteiger partial charge in [-0.2, -0.15) is 4.98 Å². The van der Waals surface area contributed by atoms with E-state index in [1.165, 1.54) is 0 Å². The summed E-state index contributed by atoms with van der Waals surface area (Å²) >= 11 is 0. The zero-order valence-corrected chi connectivity index (χ0v) is 16.3. The number of anilines is 1. The molecule has 1 aliphatic heterocycles. The first kappa shape index (κ1) is 17.7. The summed E-state index contributed by atoms with van der Waals surface area (Å²) in [6, 6.07) is 8.15. The summed E-state index contributed by atoms with van der Waals surface area (Å²) in [6.45, 7) is 4.94. The number of aromatic amines is 1. The largest absolute Gasteiger partial charge is 0.378 e. The van der Waals surface area contributed by atoms with Crippen LogP contribution < -0.4 is 4.90 Å². The smallest absolute Gasteiger partial charge is 0.228 e. The fraction of sp³-hybridized carbons (Fsp3) is 0.318. The van der Waals surface area contributed by atoms with Gasteiger partial charge in [-0.15, -0.1) is 6.42 Å². The third kappa shape index (κ3) is 2.93. The molecule has 4 aromatic rings. The number of fused-ring (bicyclic) bond motifs is 2. The lowest BCUT2D eigenvalue weighted by molar-refractivity contribution is 0.122. The maximum Gasteiger partial charge on any atom is 0.228 e. The molecule has 0 spiro atoms. The topological polar surface area (TPSA) is 71.9 Å². The molecule has 29 heavy (non-hydrogen) atoms. The quantitative estimate of drug-likeness (QED) is 0.544. The molecule has 146 valence electrons. The third-order valence-electron chi connectivity index (χ3n) is 5.47. The van der Waals surface area contributed by atoms with Gasteiger partial charge in [-0.3, -0.25) is 0 Å². The lowest BCUT2D eigenvalue weighted by atomic mass is 10.1. The van der Waals surface area contributed by atoms with Crippen LogP contribution in [0.25, 0.3) is 33.3 Å². The first-order valence-electron chi connectivity index (χ1n) is 9.90. The van der Waals surface area contributed by atoms with E-state index in [9.17, 15) is 0 Å². The molecule has 1 saturated heterocycles. The summed E-state index contributed by atoms with van der Waals surface area (Å²) in [5, 5.41) is 1.11. The molecule has 1 N–H and O–H groups in total. The molecule has 0 bridgehead atoms. The van der Waals surface area contributed by atoms with Crippen molar-refractivity contribution in [1.29, 1.82) is 0 Å². The van der Waals surface area contributed by atoms with Crippen molar-refractivity contribution < 1.29 is 4.74 Å². The van der Waals surface area contributed by atoms with Gasteiger partial charge in [0.15, 0.2) is 5.65 Å². The number of imidazole rings is 1. The number of terminal acetylenes is 1. The standard InChI is InChI=1S/C22H22N6O/c1-3-15(4-2)28-14-24-20-19(17-6-5-7-18-16(17)8-9-23-18)25-22(26-21(20)28)27-10-12-29-13-11-27/h1,5-9,14-15,23H,4,10-13H2,2H3. The predicted octanol–water partition coefficient (Wildman–Crippen LogP) is 3.40. The Hall–Kier alpha value is -3.37. The lowest BCUT2D eigenvalue weighted by Gasteiger charge is -2.27. The van der Waals surface area contributed by atoms with Crippen molar-refractivity contribution in [3.8, 4) is 23.6 Å². The minimum absolute atomic E-state index is 0.0941. The van der Waals surface area contributed by atoms with Gasteiger partial charge in [0.05, 0.1) is 25.6 Å². The zero-order chi connectivity index (χ0) is 19.8. The van der Waals surface area contributed by atoms with E-state index in [0.29, 0.717) is 19.2 Å². The molecule has 7 nitrogen and oxygen atoms in total. The molecule has 0 radical (unpaired) electrons. The Labute approximate surface area is 168 Å². The molecule has 1 fully saturated rings. The number of H-pyrrole nitrogens is 1. The molecule has 4 heterocycles. The Morgan fingerprint density at radius 2 is 2.10 bits per heavy atom. The van der Waals surface area contributed by atoms with Gasteiger partial charge in [0.1, 0.15) is 11.2 Å². The van der Waals surface area contributed by atoms with E-state index in [2.05, 4.69) is 45.9 Å². The van der Waals surface area contributed by atoms with Crippen molar-refractivity contribution in [2.45, 2.75) is 19.4 Å². The number of rotatable bonds is 4. The maximum atomic E-state index is 5.78. The second-order valence-corrected chi connectivity index (χ2v) is 7.13. The van der Waals surface area contributed by atoms with Crippen LogP contribution >= 0.6 is 0 Å². The Morgan fingerprint density at radius 1 is 1.24 bits per heavy atom. The van der Waals surface area contributed by atoms with E-state index in [0.717, 1.165) is 52.8 Å². The van der Waals surface area contributed by atoms with Gasteiger partial charge in [-0.25, -0.2) is 9.97 Å². The molecule has 1 unspecified atom stereocenters. The van der Waals surface area contributed by atoms with Crippen LogP contribution in [0.4, 0.5) is 5.95 Å². The van der Waals surface area contributed by atoms with Gasteiger partial charge in [0, 0.05) is 35.8 Å². The van der Waals surface area contributed by atoms with E-state index < -0.39 is 0 Å². The third-order valence-corrected chi connectivity index (χ3v) is 5.47. The molecular formula is C22H22N6O. The zero-order valence-electron chi connectivity index (χ0n) is 16.3. The fourth-order valence-electron chi connectivity index (χ4n) is 3.91.